The van der Waals surface area contributed by atoms with Gasteiger partial charge in [-0.1, -0.05) is 24.3 Å². The van der Waals surface area contributed by atoms with Crippen LogP contribution in [0.5, 0.6) is 0 Å². The number of amides is 2. The van der Waals surface area contributed by atoms with Crippen molar-refractivity contribution in [1.82, 2.24) is 9.91 Å². The van der Waals surface area contributed by atoms with Crippen LogP contribution in [0.3, 0.4) is 0 Å². The standard InChI is InChI=1S/C16H11N5O2/c1-20-14(22)11-12(15(20)23)16(7-17,8-18)21-13(11)10-5-3-2-4-9(10)6-19-21/h2-6,11-13H,1H3. The second-order valence-electron chi connectivity index (χ2n) is 5.89. The fourth-order valence-corrected chi connectivity index (χ4v) is 3.88. The predicted molar refractivity (Wildman–Crippen MR) is 77.3 cm³/mol. The van der Waals surface area contributed by atoms with Gasteiger partial charge in [-0.05, 0) is 11.1 Å². The molecule has 3 aliphatic rings. The Morgan fingerprint density at radius 2 is 1.87 bits per heavy atom. The van der Waals surface area contributed by atoms with E-state index >= 15 is 0 Å². The van der Waals surface area contributed by atoms with Gasteiger partial charge in [0.2, 0.25) is 17.4 Å². The van der Waals surface area contributed by atoms with E-state index in [1.165, 1.54) is 12.1 Å². The number of nitriles is 2. The molecule has 3 unspecified atom stereocenters. The smallest absolute Gasteiger partial charge is 0.242 e. The number of nitrogens with zero attached hydrogens (tertiary/aromatic N) is 5. The molecule has 2 fully saturated rings. The lowest BCUT2D eigenvalue weighted by atomic mass is 9.80. The first-order valence-corrected chi connectivity index (χ1v) is 7.13. The molecule has 3 aliphatic heterocycles. The minimum atomic E-state index is -1.77. The number of carbonyl (C=O) groups is 2. The van der Waals surface area contributed by atoms with Crippen molar-refractivity contribution in [2.24, 2.45) is 16.9 Å². The highest BCUT2D eigenvalue weighted by Crippen LogP contribution is 2.55. The third-order valence-corrected chi connectivity index (χ3v) is 4.96. The maximum atomic E-state index is 12.6. The van der Waals surface area contributed by atoms with Crippen molar-refractivity contribution in [3.8, 4) is 12.1 Å². The summed E-state index contributed by atoms with van der Waals surface area (Å²) < 4.78 is 0. The molecule has 23 heavy (non-hydrogen) atoms. The molecular formula is C16H11N5O2. The molecule has 0 saturated carbocycles. The van der Waals surface area contributed by atoms with Crippen LogP contribution in [-0.2, 0) is 9.59 Å². The summed E-state index contributed by atoms with van der Waals surface area (Å²) in [5, 5.41) is 24.9. The van der Waals surface area contributed by atoms with Gasteiger partial charge < -0.3 is 0 Å². The Hall–Kier alpha value is -3.19. The number of carbonyl (C=O) groups excluding carboxylic acids is 2. The van der Waals surface area contributed by atoms with Crippen LogP contribution in [0.15, 0.2) is 29.4 Å². The zero-order valence-electron chi connectivity index (χ0n) is 12.2. The van der Waals surface area contributed by atoms with Gasteiger partial charge in [0.05, 0.1) is 18.2 Å². The summed E-state index contributed by atoms with van der Waals surface area (Å²) in [4.78, 5) is 26.1. The highest BCUT2D eigenvalue weighted by atomic mass is 16.2. The molecule has 0 aliphatic carbocycles. The lowest BCUT2D eigenvalue weighted by Gasteiger charge is -2.34. The van der Waals surface area contributed by atoms with E-state index in [2.05, 4.69) is 5.10 Å². The first-order valence-electron chi connectivity index (χ1n) is 7.13. The molecule has 4 rings (SSSR count). The van der Waals surface area contributed by atoms with E-state index in [1.54, 1.807) is 6.21 Å². The predicted octanol–water partition coefficient (Wildman–Crippen LogP) is 0.408. The van der Waals surface area contributed by atoms with Gasteiger partial charge in [0.15, 0.2) is 0 Å². The van der Waals surface area contributed by atoms with E-state index in [9.17, 15) is 20.1 Å². The molecule has 3 heterocycles. The average Bonchev–Trinajstić information content (AvgIpc) is 3.01. The Balaban J connectivity index is 2.00. The molecule has 0 N–H and O–H groups in total. The highest BCUT2D eigenvalue weighted by Gasteiger charge is 2.71. The Bertz CT molecular complexity index is 848. The van der Waals surface area contributed by atoms with Crippen LogP contribution in [0, 0.1) is 34.5 Å². The molecule has 0 bridgehead atoms. The topological polar surface area (TPSA) is 101 Å². The lowest BCUT2D eigenvalue weighted by molar-refractivity contribution is -0.140. The lowest BCUT2D eigenvalue weighted by Crippen LogP contribution is -2.48. The van der Waals surface area contributed by atoms with Crippen LogP contribution < -0.4 is 0 Å². The highest BCUT2D eigenvalue weighted by molar-refractivity contribution is 6.07. The maximum absolute atomic E-state index is 12.6. The molecule has 0 spiro atoms. The number of hydrogen-bond acceptors (Lipinski definition) is 6. The summed E-state index contributed by atoms with van der Waals surface area (Å²) in [6.07, 6.45) is 1.56. The zero-order chi connectivity index (χ0) is 16.4. The summed E-state index contributed by atoms with van der Waals surface area (Å²) in [6.45, 7) is 0. The first-order chi connectivity index (χ1) is 11.1. The van der Waals surface area contributed by atoms with E-state index < -0.39 is 29.3 Å². The molecule has 7 heteroatoms. The van der Waals surface area contributed by atoms with Crippen LogP contribution in [0.25, 0.3) is 0 Å². The van der Waals surface area contributed by atoms with Gasteiger partial charge in [0.1, 0.15) is 18.1 Å². The van der Waals surface area contributed by atoms with Crippen molar-refractivity contribution in [1.29, 1.82) is 10.5 Å². The summed E-state index contributed by atoms with van der Waals surface area (Å²) in [5.74, 6) is -2.66. The fourth-order valence-electron chi connectivity index (χ4n) is 3.88. The number of fused-ring (bicyclic) bond motifs is 5. The molecule has 7 nitrogen and oxygen atoms in total. The van der Waals surface area contributed by atoms with Gasteiger partial charge in [-0.15, -0.1) is 0 Å². The quantitative estimate of drug-likeness (QED) is 0.646. The summed E-state index contributed by atoms with van der Waals surface area (Å²) in [5.41, 5.74) is -0.132. The second kappa shape index (κ2) is 4.17. The zero-order valence-corrected chi connectivity index (χ0v) is 12.2. The Kier molecular flexibility index (Phi) is 2.44. The van der Waals surface area contributed by atoms with E-state index in [4.69, 9.17) is 0 Å². The largest absolute Gasteiger partial charge is 0.285 e. The maximum Gasteiger partial charge on any atom is 0.242 e. The van der Waals surface area contributed by atoms with Crippen LogP contribution in [0.2, 0.25) is 0 Å². The van der Waals surface area contributed by atoms with Crippen LogP contribution in [-0.4, -0.2) is 40.5 Å². The summed E-state index contributed by atoms with van der Waals surface area (Å²) >= 11 is 0. The monoisotopic (exact) mass is 305 g/mol. The molecule has 112 valence electrons. The minimum absolute atomic E-state index is 0.366. The third kappa shape index (κ3) is 1.35. The van der Waals surface area contributed by atoms with E-state index in [-0.39, 0.29) is 5.91 Å². The number of imide groups is 1. The molecule has 1 aromatic carbocycles. The fraction of sp³-hybridized carbons (Fsp3) is 0.312. The SMILES string of the molecule is CN1C(=O)C2C3c4ccccc4C=NN3C(C#N)(C#N)C2C1=O. The number of likely N-dealkylation sites (tertiary alicyclic amines) is 1. The molecule has 0 aromatic heterocycles. The van der Waals surface area contributed by atoms with E-state index in [1.807, 2.05) is 36.4 Å². The molecule has 0 radical (unpaired) electrons. The van der Waals surface area contributed by atoms with E-state index in [0.717, 1.165) is 16.0 Å². The normalized spacial score (nSPS) is 29.6. The Morgan fingerprint density at radius 3 is 2.57 bits per heavy atom. The molecule has 2 saturated heterocycles. The van der Waals surface area contributed by atoms with Gasteiger partial charge in [0.25, 0.3) is 0 Å². The Morgan fingerprint density at radius 1 is 1.17 bits per heavy atom. The molecule has 3 atom stereocenters. The van der Waals surface area contributed by atoms with Gasteiger partial charge in [0, 0.05) is 7.05 Å². The molecular weight excluding hydrogens is 294 g/mol. The van der Waals surface area contributed by atoms with Crippen molar-refractivity contribution >= 4 is 18.0 Å². The Labute approximate surface area is 132 Å². The van der Waals surface area contributed by atoms with Gasteiger partial charge in [-0.3, -0.25) is 19.5 Å². The van der Waals surface area contributed by atoms with Crippen molar-refractivity contribution in [3.63, 3.8) is 0 Å². The van der Waals surface area contributed by atoms with E-state index in [0.29, 0.717) is 0 Å². The summed E-state index contributed by atoms with van der Waals surface area (Å²) in [6, 6.07) is 10.7. The molecule has 2 amide bonds. The van der Waals surface area contributed by atoms with Crippen LogP contribution in [0.1, 0.15) is 17.2 Å². The second-order valence-corrected chi connectivity index (χ2v) is 5.89. The van der Waals surface area contributed by atoms with Crippen molar-refractivity contribution < 1.29 is 9.59 Å². The number of rotatable bonds is 0. The minimum Gasteiger partial charge on any atom is -0.285 e. The molecule has 1 aromatic rings. The summed E-state index contributed by atoms with van der Waals surface area (Å²) in [7, 11) is 1.39. The van der Waals surface area contributed by atoms with Gasteiger partial charge >= 0.3 is 0 Å². The van der Waals surface area contributed by atoms with Gasteiger partial charge in [-0.25, -0.2) is 0 Å². The number of hydrogen-bond donors (Lipinski definition) is 0. The van der Waals surface area contributed by atoms with Crippen molar-refractivity contribution in [2.45, 2.75) is 11.6 Å². The first kappa shape index (κ1) is 13.5. The van der Waals surface area contributed by atoms with Crippen LogP contribution >= 0.6 is 0 Å². The van der Waals surface area contributed by atoms with Crippen LogP contribution in [0.4, 0.5) is 0 Å². The van der Waals surface area contributed by atoms with Gasteiger partial charge in [-0.2, -0.15) is 15.6 Å². The van der Waals surface area contributed by atoms with Crippen molar-refractivity contribution in [2.75, 3.05) is 7.05 Å². The number of hydrazone groups is 1. The third-order valence-electron chi connectivity index (χ3n) is 4.96. The average molecular weight is 305 g/mol. The van der Waals surface area contributed by atoms with Crippen molar-refractivity contribution in [3.05, 3.63) is 35.4 Å². The number of benzene rings is 1.